The highest BCUT2D eigenvalue weighted by atomic mass is 16.1. The van der Waals surface area contributed by atoms with Gasteiger partial charge in [-0.2, -0.15) is 0 Å². The highest BCUT2D eigenvalue weighted by molar-refractivity contribution is 5.93. The molecule has 2 nitrogen and oxygen atoms in total. The Morgan fingerprint density at radius 3 is 3.00 bits per heavy atom. The zero-order valence-corrected chi connectivity index (χ0v) is 4.09. The molecule has 1 heterocycles. The van der Waals surface area contributed by atoms with Gasteiger partial charge in [0.2, 0.25) is 0 Å². The van der Waals surface area contributed by atoms with Crippen LogP contribution in [0.5, 0.6) is 0 Å². The summed E-state index contributed by atoms with van der Waals surface area (Å²) in [4.78, 5) is 12.0. The van der Waals surface area contributed by atoms with Crippen LogP contribution in [0.3, 0.4) is 0 Å². The van der Waals surface area contributed by atoms with Gasteiger partial charge in [0.25, 0.3) is 0 Å². The standard InChI is InChI=1S/C5H7NO/c1-6-3-2-5(7)4-6/h2-3H,4H2,1H3/i4D. The second-order valence-electron chi connectivity index (χ2n) is 1.51. The zero-order chi connectivity index (χ0) is 6.15. The summed E-state index contributed by atoms with van der Waals surface area (Å²) >= 11 is 0. The predicted molar refractivity (Wildman–Crippen MR) is 26.8 cm³/mol. The summed E-state index contributed by atoms with van der Waals surface area (Å²) in [6.45, 7) is -0.685. The van der Waals surface area contributed by atoms with Crippen LogP contribution < -0.4 is 0 Å². The summed E-state index contributed by atoms with van der Waals surface area (Å²) in [7, 11) is 1.71. The van der Waals surface area contributed by atoms with Crippen LogP contribution >= 0.6 is 0 Å². The minimum atomic E-state index is -0.685. The summed E-state index contributed by atoms with van der Waals surface area (Å²) < 4.78 is 7.06. The van der Waals surface area contributed by atoms with E-state index in [0.717, 1.165) is 0 Å². The van der Waals surface area contributed by atoms with Gasteiger partial charge in [0.05, 0.1) is 7.89 Å². The van der Waals surface area contributed by atoms with E-state index in [0.29, 0.717) is 0 Å². The Balaban J connectivity index is 2.69. The third kappa shape index (κ3) is 0.796. The normalized spacial score (nSPS) is 31.6. The first-order valence-corrected chi connectivity index (χ1v) is 2.08. The molecule has 38 valence electrons. The van der Waals surface area contributed by atoms with Gasteiger partial charge in [-0.05, 0) is 6.08 Å². The van der Waals surface area contributed by atoms with E-state index in [9.17, 15) is 4.79 Å². The van der Waals surface area contributed by atoms with Gasteiger partial charge in [0.15, 0.2) is 5.78 Å². The molecule has 0 amide bonds. The van der Waals surface area contributed by atoms with Crippen LogP contribution in [0.25, 0.3) is 0 Å². The van der Waals surface area contributed by atoms with E-state index in [1.165, 1.54) is 6.08 Å². The van der Waals surface area contributed by atoms with Gasteiger partial charge in [0.1, 0.15) is 0 Å². The smallest absolute Gasteiger partial charge is 0.176 e. The lowest BCUT2D eigenvalue weighted by atomic mass is 10.4. The van der Waals surface area contributed by atoms with Gasteiger partial charge in [-0.1, -0.05) is 0 Å². The second-order valence-corrected chi connectivity index (χ2v) is 1.51. The second kappa shape index (κ2) is 1.37. The van der Waals surface area contributed by atoms with Crippen molar-refractivity contribution in [3.05, 3.63) is 12.3 Å². The van der Waals surface area contributed by atoms with E-state index in [4.69, 9.17) is 1.37 Å². The molecule has 0 aromatic heterocycles. The molecule has 1 atom stereocenters. The number of carbonyl (C=O) groups excluding carboxylic acids is 1. The fourth-order valence-electron chi connectivity index (χ4n) is 0.478. The van der Waals surface area contributed by atoms with Crippen molar-refractivity contribution in [3.63, 3.8) is 0 Å². The number of rotatable bonds is 0. The van der Waals surface area contributed by atoms with E-state index in [1.807, 2.05) is 0 Å². The lowest BCUT2D eigenvalue weighted by molar-refractivity contribution is -0.114. The molecule has 1 aliphatic heterocycles. The molecule has 0 saturated carbocycles. The molecule has 0 aromatic rings. The van der Waals surface area contributed by atoms with Gasteiger partial charge in [-0.15, -0.1) is 0 Å². The van der Waals surface area contributed by atoms with Crippen molar-refractivity contribution in [1.82, 2.24) is 4.90 Å². The monoisotopic (exact) mass is 98.1 g/mol. The molecular formula is C5H7NO. The van der Waals surface area contributed by atoms with Crippen LogP contribution in [0, 0.1) is 0 Å². The molecule has 1 aliphatic rings. The van der Waals surface area contributed by atoms with Crippen molar-refractivity contribution in [2.45, 2.75) is 0 Å². The van der Waals surface area contributed by atoms with Crippen LogP contribution in [0.15, 0.2) is 12.3 Å². The maximum atomic E-state index is 10.5. The largest absolute Gasteiger partial charge is 0.373 e. The maximum absolute atomic E-state index is 10.5. The van der Waals surface area contributed by atoms with Gasteiger partial charge in [-0.25, -0.2) is 0 Å². The molecule has 0 aromatic carbocycles. The Bertz CT molecular complexity index is 143. The Hall–Kier alpha value is -0.790. The lowest BCUT2D eigenvalue weighted by Gasteiger charge is -2.01. The van der Waals surface area contributed by atoms with E-state index >= 15 is 0 Å². The van der Waals surface area contributed by atoms with Crippen molar-refractivity contribution >= 4 is 5.78 Å². The molecule has 0 fully saturated rings. The third-order valence-electron chi connectivity index (χ3n) is 0.805. The SMILES string of the molecule is [2H]C1C(=O)C=CN1C. The first-order valence-electron chi connectivity index (χ1n) is 2.66. The Morgan fingerprint density at radius 1 is 2.14 bits per heavy atom. The van der Waals surface area contributed by atoms with Gasteiger partial charge < -0.3 is 4.90 Å². The number of ketones is 1. The Kier molecular flexibility index (Phi) is 0.635. The number of hydrogen-bond acceptors (Lipinski definition) is 2. The number of carbonyl (C=O) groups is 1. The molecular weight excluding hydrogens is 90.1 g/mol. The molecule has 0 aliphatic carbocycles. The average Bonchev–Trinajstić information content (AvgIpc) is 1.98. The number of nitrogens with zero attached hydrogens (tertiary/aromatic N) is 1. The van der Waals surface area contributed by atoms with Crippen molar-refractivity contribution in [3.8, 4) is 0 Å². The van der Waals surface area contributed by atoms with E-state index in [1.54, 1.807) is 18.1 Å². The van der Waals surface area contributed by atoms with Crippen molar-refractivity contribution < 1.29 is 6.17 Å². The first-order chi connectivity index (χ1) is 3.72. The van der Waals surface area contributed by atoms with Gasteiger partial charge >= 0.3 is 0 Å². The van der Waals surface area contributed by atoms with Gasteiger partial charge in [-0.3, -0.25) is 4.79 Å². The summed E-state index contributed by atoms with van der Waals surface area (Å²) in [5.74, 6) is -0.132. The van der Waals surface area contributed by atoms with Crippen molar-refractivity contribution in [2.75, 3.05) is 13.6 Å². The Morgan fingerprint density at radius 2 is 2.86 bits per heavy atom. The fraction of sp³-hybridized carbons (Fsp3) is 0.400. The third-order valence-corrected chi connectivity index (χ3v) is 0.805. The fourth-order valence-corrected chi connectivity index (χ4v) is 0.478. The van der Waals surface area contributed by atoms with E-state index < -0.39 is 6.52 Å². The van der Waals surface area contributed by atoms with Crippen LogP contribution in [0.1, 0.15) is 1.37 Å². The van der Waals surface area contributed by atoms with E-state index in [-0.39, 0.29) is 5.78 Å². The topological polar surface area (TPSA) is 20.3 Å². The molecule has 0 bridgehead atoms. The highest BCUT2D eigenvalue weighted by Gasteiger charge is 2.04. The number of likely N-dealkylation sites (N-methyl/N-ethyl adjacent to an activating group) is 1. The van der Waals surface area contributed by atoms with Crippen LogP contribution in [-0.4, -0.2) is 24.3 Å². The molecule has 0 radical (unpaired) electrons. The average molecular weight is 98.1 g/mol. The molecule has 2 heteroatoms. The van der Waals surface area contributed by atoms with Crippen LogP contribution in [0.2, 0.25) is 0 Å². The number of hydrogen-bond donors (Lipinski definition) is 0. The predicted octanol–water partition coefficient (Wildman–Crippen LogP) is 0.0146. The maximum Gasteiger partial charge on any atom is 0.176 e. The molecule has 0 spiro atoms. The quantitative estimate of drug-likeness (QED) is 0.425. The minimum Gasteiger partial charge on any atom is -0.373 e. The Labute approximate surface area is 43.8 Å². The molecule has 1 unspecified atom stereocenters. The first kappa shape index (κ1) is 3.24. The lowest BCUT2D eigenvalue weighted by Crippen LogP contribution is -2.11. The molecule has 0 N–H and O–H groups in total. The summed E-state index contributed by atoms with van der Waals surface area (Å²) in [5.41, 5.74) is 0. The highest BCUT2D eigenvalue weighted by Crippen LogP contribution is 1.94. The van der Waals surface area contributed by atoms with Crippen molar-refractivity contribution in [1.29, 1.82) is 0 Å². The summed E-state index contributed by atoms with van der Waals surface area (Å²) in [6, 6.07) is 0. The van der Waals surface area contributed by atoms with Crippen LogP contribution in [-0.2, 0) is 4.79 Å². The van der Waals surface area contributed by atoms with Crippen molar-refractivity contribution in [2.24, 2.45) is 0 Å². The zero-order valence-electron chi connectivity index (χ0n) is 5.09. The molecule has 1 rings (SSSR count). The van der Waals surface area contributed by atoms with E-state index in [2.05, 4.69) is 0 Å². The van der Waals surface area contributed by atoms with Gasteiger partial charge in [0, 0.05) is 13.2 Å². The summed E-state index contributed by atoms with van der Waals surface area (Å²) in [5, 5.41) is 0. The minimum absolute atomic E-state index is 0.132. The molecule has 0 saturated heterocycles. The van der Waals surface area contributed by atoms with Crippen LogP contribution in [0.4, 0.5) is 0 Å². The summed E-state index contributed by atoms with van der Waals surface area (Å²) in [6.07, 6.45) is 3.03. The molecule has 7 heavy (non-hydrogen) atoms.